The Morgan fingerprint density at radius 2 is 1.90 bits per heavy atom. The van der Waals surface area contributed by atoms with E-state index in [1.807, 2.05) is 13.8 Å². The molecule has 0 unspecified atom stereocenters. The van der Waals surface area contributed by atoms with Crippen LogP contribution in [0, 0.1) is 18.6 Å². The van der Waals surface area contributed by atoms with E-state index in [0.717, 1.165) is 16.8 Å². The second-order valence-electron chi connectivity index (χ2n) is 4.61. The van der Waals surface area contributed by atoms with Crippen molar-refractivity contribution in [3.63, 3.8) is 0 Å². The van der Waals surface area contributed by atoms with Crippen LogP contribution >= 0.6 is 23.1 Å². The second-order valence-corrected chi connectivity index (χ2v) is 7.05. The predicted molar refractivity (Wildman–Crippen MR) is 77.1 cm³/mol. The van der Waals surface area contributed by atoms with Gasteiger partial charge in [0, 0.05) is 12.6 Å². The number of halogens is 2. The minimum Gasteiger partial charge on any atom is -0.310 e. The number of nitrogens with zero attached hydrogens (tertiary/aromatic N) is 2. The highest BCUT2D eigenvalue weighted by atomic mass is 32.2. The molecule has 20 heavy (non-hydrogen) atoms. The fourth-order valence-corrected chi connectivity index (χ4v) is 3.30. The van der Waals surface area contributed by atoms with Crippen LogP contribution in [0.25, 0.3) is 0 Å². The Kier molecular flexibility index (Phi) is 5.06. The smallest absolute Gasteiger partial charge is 0.179 e. The van der Waals surface area contributed by atoms with Gasteiger partial charge in [0.05, 0.1) is 4.90 Å². The Morgan fingerprint density at radius 1 is 1.25 bits per heavy atom. The Labute approximate surface area is 124 Å². The van der Waals surface area contributed by atoms with Crippen molar-refractivity contribution in [2.24, 2.45) is 0 Å². The molecule has 108 valence electrons. The molecule has 0 bridgehead atoms. The number of aromatic nitrogens is 2. The average molecular weight is 315 g/mol. The SMILES string of the molecule is Cc1nnc(Sc2c(F)cc(CNC(C)C)cc2F)s1. The molecular formula is C13H15F2N3S2. The van der Waals surface area contributed by atoms with Crippen LogP contribution in [0.4, 0.5) is 8.78 Å². The number of benzene rings is 1. The monoisotopic (exact) mass is 315 g/mol. The van der Waals surface area contributed by atoms with Crippen molar-refractivity contribution < 1.29 is 8.78 Å². The van der Waals surface area contributed by atoms with E-state index in [-0.39, 0.29) is 10.9 Å². The fraction of sp³-hybridized carbons (Fsp3) is 0.385. The summed E-state index contributed by atoms with van der Waals surface area (Å²) in [6.45, 7) is 6.20. The lowest BCUT2D eigenvalue weighted by Crippen LogP contribution is -2.22. The molecule has 0 spiro atoms. The van der Waals surface area contributed by atoms with Gasteiger partial charge in [0.1, 0.15) is 16.6 Å². The van der Waals surface area contributed by atoms with Gasteiger partial charge in [-0.3, -0.25) is 0 Å². The van der Waals surface area contributed by atoms with E-state index in [1.54, 1.807) is 6.92 Å². The largest absolute Gasteiger partial charge is 0.310 e. The normalized spacial score (nSPS) is 11.3. The van der Waals surface area contributed by atoms with Gasteiger partial charge in [-0.25, -0.2) is 8.78 Å². The lowest BCUT2D eigenvalue weighted by atomic mass is 10.2. The van der Waals surface area contributed by atoms with E-state index >= 15 is 0 Å². The van der Waals surface area contributed by atoms with Crippen molar-refractivity contribution >= 4 is 23.1 Å². The van der Waals surface area contributed by atoms with Crippen LogP contribution in [0.3, 0.4) is 0 Å². The van der Waals surface area contributed by atoms with Gasteiger partial charge in [0.2, 0.25) is 0 Å². The summed E-state index contributed by atoms with van der Waals surface area (Å²) in [5.41, 5.74) is 0.589. The molecule has 1 aromatic heterocycles. The van der Waals surface area contributed by atoms with Crippen molar-refractivity contribution in [3.05, 3.63) is 34.3 Å². The molecule has 2 aromatic rings. The molecule has 1 N–H and O–H groups in total. The van der Waals surface area contributed by atoms with E-state index in [2.05, 4.69) is 15.5 Å². The van der Waals surface area contributed by atoms with Crippen LogP contribution in [0.2, 0.25) is 0 Å². The summed E-state index contributed by atoms with van der Waals surface area (Å²) < 4.78 is 28.5. The molecule has 0 saturated heterocycles. The van der Waals surface area contributed by atoms with Crippen LogP contribution in [-0.4, -0.2) is 16.2 Å². The quantitative estimate of drug-likeness (QED) is 0.911. The van der Waals surface area contributed by atoms with Crippen molar-refractivity contribution in [1.29, 1.82) is 0 Å². The minimum atomic E-state index is -0.566. The first-order chi connectivity index (χ1) is 9.45. The van der Waals surface area contributed by atoms with E-state index in [4.69, 9.17) is 0 Å². The molecule has 0 atom stereocenters. The third kappa shape index (κ3) is 3.97. The van der Waals surface area contributed by atoms with E-state index in [9.17, 15) is 8.78 Å². The number of rotatable bonds is 5. The first kappa shape index (κ1) is 15.3. The highest BCUT2D eigenvalue weighted by Gasteiger charge is 2.15. The molecular weight excluding hydrogens is 300 g/mol. The Balaban J connectivity index is 2.18. The maximum absolute atomic E-state index is 14.0. The zero-order chi connectivity index (χ0) is 14.7. The summed E-state index contributed by atoms with van der Waals surface area (Å²) >= 11 is 2.28. The minimum absolute atomic E-state index is 0.0329. The first-order valence-electron chi connectivity index (χ1n) is 6.15. The zero-order valence-electron chi connectivity index (χ0n) is 11.4. The molecule has 0 radical (unpaired) electrons. The van der Waals surface area contributed by atoms with Gasteiger partial charge in [0.25, 0.3) is 0 Å². The maximum Gasteiger partial charge on any atom is 0.179 e. The highest BCUT2D eigenvalue weighted by molar-refractivity contribution is 8.01. The third-order valence-electron chi connectivity index (χ3n) is 2.47. The Morgan fingerprint density at radius 3 is 2.40 bits per heavy atom. The highest BCUT2D eigenvalue weighted by Crippen LogP contribution is 2.34. The fourth-order valence-electron chi connectivity index (χ4n) is 1.54. The second kappa shape index (κ2) is 6.60. The molecule has 0 aliphatic carbocycles. The summed E-state index contributed by atoms with van der Waals surface area (Å²) in [6.07, 6.45) is 0. The molecule has 0 aliphatic heterocycles. The van der Waals surface area contributed by atoms with E-state index in [1.165, 1.54) is 23.5 Å². The van der Waals surface area contributed by atoms with Crippen LogP contribution in [0.15, 0.2) is 21.4 Å². The summed E-state index contributed by atoms with van der Waals surface area (Å²) in [4.78, 5) is -0.0329. The number of nitrogens with one attached hydrogen (secondary N) is 1. The standard InChI is InChI=1S/C13H15F2N3S2/c1-7(2)16-6-9-4-10(14)12(11(15)5-9)20-13-18-17-8(3)19-13/h4-5,7,16H,6H2,1-3H3. The van der Waals surface area contributed by atoms with Gasteiger partial charge in [0.15, 0.2) is 4.34 Å². The van der Waals surface area contributed by atoms with Crippen LogP contribution < -0.4 is 5.32 Å². The lowest BCUT2D eigenvalue weighted by Gasteiger charge is -2.10. The Hall–Kier alpha value is -1.05. The molecule has 3 nitrogen and oxygen atoms in total. The van der Waals surface area contributed by atoms with E-state index in [0.29, 0.717) is 16.4 Å². The van der Waals surface area contributed by atoms with Gasteiger partial charge in [-0.1, -0.05) is 36.9 Å². The molecule has 0 fully saturated rings. The van der Waals surface area contributed by atoms with Gasteiger partial charge < -0.3 is 5.32 Å². The van der Waals surface area contributed by atoms with Crippen LogP contribution in [-0.2, 0) is 6.54 Å². The first-order valence-corrected chi connectivity index (χ1v) is 7.78. The third-order valence-corrected chi connectivity index (χ3v) is 4.45. The van der Waals surface area contributed by atoms with Crippen molar-refractivity contribution in [2.45, 2.75) is 42.6 Å². The van der Waals surface area contributed by atoms with Gasteiger partial charge >= 0.3 is 0 Å². The number of hydrogen-bond acceptors (Lipinski definition) is 5. The number of aryl methyl sites for hydroxylation is 1. The number of hydrogen-bond donors (Lipinski definition) is 1. The van der Waals surface area contributed by atoms with Crippen molar-refractivity contribution in [2.75, 3.05) is 0 Å². The van der Waals surface area contributed by atoms with Crippen molar-refractivity contribution in [1.82, 2.24) is 15.5 Å². The van der Waals surface area contributed by atoms with Gasteiger partial charge in [-0.2, -0.15) is 0 Å². The molecule has 7 heteroatoms. The summed E-state index contributed by atoms with van der Waals surface area (Å²) in [5.74, 6) is -1.13. The average Bonchev–Trinajstić information content (AvgIpc) is 2.77. The molecule has 0 aliphatic rings. The zero-order valence-corrected chi connectivity index (χ0v) is 13.0. The molecule has 2 rings (SSSR count). The van der Waals surface area contributed by atoms with E-state index < -0.39 is 11.6 Å². The predicted octanol–water partition coefficient (Wildman–Crippen LogP) is 3.77. The molecule has 1 aromatic carbocycles. The summed E-state index contributed by atoms with van der Waals surface area (Å²) in [5, 5.41) is 11.6. The van der Waals surface area contributed by atoms with Gasteiger partial charge in [-0.05, 0) is 24.6 Å². The topological polar surface area (TPSA) is 37.8 Å². The van der Waals surface area contributed by atoms with Crippen LogP contribution in [0.5, 0.6) is 0 Å². The maximum atomic E-state index is 14.0. The summed E-state index contributed by atoms with van der Waals surface area (Å²) in [7, 11) is 0. The summed E-state index contributed by atoms with van der Waals surface area (Å²) in [6, 6.07) is 2.98. The van der Waals surface area contributed by atoms with Gasteiger partial charge in [-0.15, -0.1) is 10.2 Å². The molecule has 1 heterocycles. The molecule has 0 saturated carbocycles. The van der Waals surface area contributed by atoms with Crippen LogP contribution in [0.1, 0.15) is 24.4 Å². The Bertz CT molecular complexity index is 576. The van der Waals surface area contributed by atoms with Crippen molar-refractivity contribution in [3.8, 4) is 0 Å². The molecule has 0 amide bonds. The lowest BCUT2D eigenvalue weighted by molar-refractivity contribution is 0.529.